The Morgan fingerprint density at radius 3 is 2.17 bits per heavy atom. The number of aliphatic hydroxyl groups is 1. The molecule has 150 valence electrons. The number of piperidine rings is 1. The quantitative estimate of drug-likeness (QED) is 0.791. The van der Waals surface area contributed by atoms with E-state index in [1.807, 2.05) is 37.3 Å². The fourth-order valence-electron chi connectivity index (χ4n) is 4.31. The van der Waals surface area contributed by atoms with E-state index < -0.39 is 24.0 Å². The summed E-state index contributed by atoms with van der Waals surface area (Å²) in [6, 6.07) is 15.4. The summed E-state index contributed by atoms with van der Waals surface area (Å²) in [5.41, 5.74) is 1.69. The molecule has 2 aliphatic rings. The van der Waals surface area contributed by atoms with Crippen molar-refractivity contribution in [3.63, 3.8) is 0 Å². The van der Waals surface area contributed by atoms with Crippen molar-refractivity contribution in [3.8, 4) is 0 Å². The highest BCUT2D eigenvalue weighted by molar-refractivity contribution is 6.22. The predicted octanol–water partition coefficient (Wildman–Crippen LogP) is 2.12. The zero-order valence-corrected chi connectivity index (χ0v) is 16.3. The molecule has 1 fully saturated rings. The first-order valence-corrected chi connectivity index (χ1v) is 9.93. The van der Waals surface area contributed by atoms with Crippen LogP contribution in [0.4, 0.5) is 0 Å². The zero-order chi connectivity index (χ0) is 20.5. The molecule has 0 bridgehead atoms. The lowest BCUT2D eigenvalue weighted by Gasteiger charge is -2.39. The Morgan fingerprint density at radius 1 is 0.966 bits per heavy atom. The molecule has 3 atom stereocenters. The lowest BCUT2D eigenvalue weighted by Crippen LogP contribution is -2.57. The molecule has 6 nitrogen and oxygen atoms in total. The first-order chi connectivity index (χ1) is 14.0. The van der Waals surface area contributed by atoms with Crippen LogP contribution in [-0.2, 0) is 11.2 Å². The molecule has 29 heavy (non-hydrogen) atoms. The van der Waals surface area contributed by atoms with Crippen LogP contribution in [0.1, 0.15) is 39.6 Å². The molecule has 1 N–H and O–H groups in total. The smallest absolute Gasteiger partial charge is 0.262 e. The highest BCUT2D eigenvalue weighted by atomic mass is 16.3. The topological polar surface area (TPSA) is 77.9 Å². The van der Waals surface area contributed by atoms with E-state index in [1.165, 1.54) is 0 Å². The van der Waals surface area contributed by atoms with Crippen LogP contribution in [0.2, 0.25) is 0 Å². The van der Waals surface area contributed by atoms with Gasteiger partial charge in [-0.05, 0) is 30.0 Å². The third-order valence-corrected chi connectivity index (χ3v) is 5.64. The van der Waals surface area contributed by atoms with Crippen LogP contribution in [0.5, 0.6) is 0 Å². The predicted molar refractivity (Wildman–Crippen MR) is 107 cm³/mol. The molecule has 0 radical (unpaired) electrons. The molecule has 2 heterocycles. The maximum Gasteiger partial charge on any atom is 0.262 e. The summed E-state index contributed by atoms with van der Waals surface area (Å²) in [4.78, 5) is 41.5. The van der Waals surface area contributed by atoms with Gasteiger partial charge in [0.25, 0.3) is 11.8 Å². The van der Waals surface area contributed by atoms with Crippen LogP contribution in [0, 0.1) is 5.92 Å². The lowest BCUT2D eigenvalue weighted by atomic mass is 9.93. The Balaban J connectivity index is 1.50. The number of fused-ring (bicyclic) bond motifs is 1. The third-order valence-electron chi connectivity index (χ3n) is 5.64. The molecule has 2 aromatic rings. The summed E-state index contributed by atoms with van der Waals surface area (Å²) in [5, 5.41) is 10.5. The van der Waals surface area contributed by atoms with Gasteiger partial charge in [-0.25, -0.2) is 0 Å². The maximum absolute atomic E-state index is 13.2. The summed E-state index contributed by atoms with van der Waals surface area (Å²) in [7, 11) is 0. The minimum Gasteiger partial charge on any atom is -0.391 e. The fourth-order valence-corrected chi connectivity index (χ4v) is 4.31. The van der Waals surface area contributed by atoms with Gasteiger partial charge in [0, 0.05) is 19.5 Å². The third kappa shape index (κ3) is 3.68. The Morgan fingerprint density at radius 2 is 1.55 bits per heavy atom. The number of benzene rings is 2. The second-order valence-electron chi connectivity index (χ2n) is 7.97. The van der Waals surface area contributed by atoms with Gasteiger partial charge in [-0.2, -0.15) is 0 Å². The minimum atomic E-state index is -0.824. The van der Waals surface area contributed by atoms with Crippen LogP contribution in [-0.4, -0.2) is 57.9 Å². The van der Waals surface area contributed by atoms with E-state index >= 15 is 0 Å². The second-order valence-corrected chi connectivity index (χ2v) is 7.97. The summed E-state index contributed by atoms with van der Waals surface area (Å²) in [5.74, 6) is -0.985. The van der Waals surface area contributed by atoms with E-state index in [-0.39, 0.29) is 18.4 Å². The van der Waals surface area contributed by atoms with Crippen LogP contribution < -0.4 is 0 Å². The monoisotopic (exact) mass is 392 g/mol. The molecule has 2 aromatic carbocycles. The summed E-state index contributed by atoms with van der Waals surface area (Å²) >= 11 is 0. The number of rotatable bonds is 5. The van der Waals surface area contributed by atoms with Crippen LogP contribution in [0.25, 0.3) is 0 Å². The van der Waals surface area contributed by atoms with Gasteiger partial charge in [0.1, 0.15) is 6.04 Å². The summed E-state index contributed by atoms with van der Waals surface area (Å²) in [6.07, 6.45) is 0.168. The molecule has 2 unspecified atom stereocenters. The second kappa shape index (κ2) is 7.79. The Hall–Kier alpha value is -2.99. The number of imide groups is 1. The summed E-state index contributed by atoms with van der Waals surface area (Å²) in [6.45, 7) is 2.68. The number of hydrogen-bond donors (Lipinski definition) is 1. The minimum absolute atomic E-state index is 0.117. The molecule has 3 amide bonds. The van der Waals surface area contributed by atoms with E-state index in [1.54, 1.807) is 29.2 Å². The maximum atomic E-state index is 13.2. The number of β-amino-alcohol motifs (C(OH)–C–C–N with tert-alkyl or cyclic N) is 1. The largest absolute Gasteiger partial charge is 0.391 e. The van der Waals surface area contributed by atoms with Crippen molar-refractivity contribution in [1.82, 2.24) is 9.80 Å². The number of likely N-dealkylation sites (tertiary alicyclic amines) is 1. The van der Waals surface area contributed by atoms with Crippen LogP contribution in [0.15, 0.2) is 54.6 Å². The van der Waals surface area contributed by atoms with Crippen molar-refractivity contribution in [1.29, 1.82) is 0 Å². The average Bonchev–Trinajstić information content (AvgIpc) is 2.96. The average molecular weight is 392 g/mol. The highest BCUT2D eigenvalue weighted by Crippen LogP contribution is 2.30. The van der Waals surface area contributed by atoms with Gasteiger partial charge in [-0.3, -0.25) is 19.3 Å². The van der Waals surface area contributed by atoms with Crippen molar-refractivity contribution in [2.45, 2.75) is 31.9 Å². The van der Waals surface area contributed by atoms with Crippen molar-refractivity contribution >= 4 is 17.7 Å². The molecule has 1 saturated heterocycles. The Labute approximate surface area is 169 Å². The molecular weight excluding hydrogens is 368 g/mol. The van der Waals surface area contributed by atoms with Crippen molar-refractivity contribution < 1.29 is 19.5 Å². The van der Waals surface area contributed by atoms with E-state index in [0.717, 1.165) is 10.5 Å². The molecule has 0 aromatic heterocycles. The highest BCUT2D eigenvalue weighted by Gasteiger charge is 2.46. The van der Waals surface area contributed by atoms with Crippen molar-refractivity contribution in [3.05, 3.63) is 71.3 Å². The van der Waals surface area contributed by atoms with Crippen molar-refractivity contribution in [2.24, 2.45) is 5.92 Å². The number of nitrogens with zero attached hydrogens (tertiary/aromatic N) is 2. The van der Waals surface area contributed by atoms with Gasteiger partial charge in [0.05, 0.1) is 17.2 Å². The van der Waals surface area contributed by atoms with Crippen LogP contribution in [0.3, 0.4) is 0 Å². The number of hydrogen-bond acceptors (Lipinski definition) is 4. The standard InChI is InChI=1S/C23H24N2O4/c1-15-11-20(25-21(27)18-9-5-6-10-19(18)22(25)28)23(29)24(13-15)14-17(26)12-16-7-3-2-4-8-16/h2-10,15,17,20,26H,11-14H2,1H3/t15?,17?,20-/m0/s1. The molecular formula is C23H24N2O4. The Kier molecular flexibility index (Phi) is 5.20. The molecule has 4 rings (SSSR count). The summed E-state index contributed by atoms with van der Waals surface area (Å²) < 4.78 is 0. The van der Waals surface area contributed by atoms with Crippen LogP contribution >= 0.6 is 0 Å². The lowest BCUT2D eigenvalue weighted by molar-refractivity contribution is -0.141. The SMILES string of the molecule is CC1C[C@H](N2C(=O)c3ccccc3C2=O)C(=O)N(CC(O)Cc2ccccc2)C1. The first-order valence-electron chi connectivity index (χ1n) is 9.93. The van der Waals surface area contributed by atoms with Gasteiger partial charge in [-0.1, -0.05) is 49.4 Å². The Bertz CT molecular complexity index is 908. The normalized spacial score (nSPS) is 22.8. The molecule has 0 aliphatic carbocycles. The van der Waals surface area contributed by atoms with Crippen molar-refractivity contribution in [2.75, 3.05) is 13.1 Å². The zero-order valence-electron chi connectivity index (χ0n) is 16.3. The fraction of sp³-hybridized carbons (Fsp3) is 0.348. The first kappa shape index (κ1) is 19.3. The number of amides is 3. The van der Waals surface area contributed by atoms with Gasteiger partial charge in [-0.15, -0.1) is 0 Å². The number of carbonyl (C=O) groups is 3. The van der Waals surface area contributed by atoms with Gasteiger partial charge >= 0.3 is 0 Å². The number of aliphatic hydroxyl groups excluding tert-OH is 1. The molecule has 6 heteroatoms. The van der Waals surface area contributed by atoms with Gasteiger partial charge < -0.3 is 10.0 Å². The molecule has 0 saturated carbocycles. The van der Waals surface area contributed by atoms with Gasteiger partial charge in [0.15, 0.2) is 0 Å². The van der Waals surface area contributed by atoms with E-state index in [9.17, 15) is 19.5 Å². The molecule has 0 spiro atoms. The van der Waals surface area contributed by atoms with E-state index in [2.05, 4.69) is 0 Å². The number of carbonyl (C=O) groups excluding carboxylic acids is 3. The van der Waals surface area contributed by atoms with Gasteiger partial charge in [0.2, 0.25) is 5.91 Å². The molecule has 2 aliphatic heterocycles. The van der Waals surface area contributed by atoms with E-state index in [0.29, 0.717) is 30.5 Å². The van der Waals surface area contributed by atoms with E-state index in [4.69, 9.17) is 0 Å².